The number of carbonyl (C=O) groups is 5. The Balaban J connectivity index is 0.000000244. The van der Waals surface area contributed by atoms with E-state index in [-0.39, 0.29) is 99.1 Å². The van der Waals surface area contributed by atoms with E-state index in [0.29, 0.717) is 46.3 Å². The van der Waals surface area contributed by atoms with E-state index in [2.05, 4.69) is 44.5 Å². The zero-order chi connectivity index (χ0) is 62.4. The first-order valence-electron chi connectivity index (χ1n) is 22.8. The number of hydrogen-bond donors (Lipinski definition) is 14. The summed E-state index contributed by atoms with van der Waals surface area (Å²) in [6, 6.07) is 22.3. The van der Waals surface area contributed by atoms with E-state index in [4.69, 9.17) is 27.7 Å². The standard InChI is InChI=1S/C26H20N4O12S2.C24H18N4O11S2/c1-11(31)28-18-4-2-12(7-16(18)25(33)34)13-3-5-19(17(8-13)26(35)36)29-30-24-21(43-42-41-37)9-14-6-15(44(38,39)40)10-20(32)22(14)23(24)27;25-16-3-1-10(6-14(16)23(30)31)11-2-4-17(15(7-11)24(32)33)27-28-22-19(40-39-38-34)8-12-5-13(41(35,36)37)9-18(29)20(12)21(22)26/h2-10,32,37H,27H2,1H3,(H,28,31)(H,33,34)(H,35,36)(H,38,39,40);1-9,29,34H,25-26H2,(H,30,31)(H,32,33)(H,35,36,37). The molecule has 0 atom stereocenters. The number of azo groups is 2. The predicted octanol–water partition coefficient (Wildman–Crippen LogP) is 10.1. The van der Waals surface area contributed by atoms with Gasteiger partial charge in [-0.3, -0.25) is 13.9 Å². The van der Waals surface area contributed by atoms with Crippen LogP contribution >= 0.6 is 24.1 Å². The van der Waals surface area contributed by atoms with Gasteiger partial charge in [-0.05, 0) is 106 Å². The lowest BCUT2D eigenvalue weighted by Crippen LogP contribution is -2.10. The van der Waals surface area contributed by atoms with Crippen molar-refractivity contribution in [2.45, 2.75) is 26.5 Å². The van der Waals surface area contributed by atoms with E-state index < -0.39 is 71.3 Å². The number of aromatic carboxylic acids is 4. The van der Waals surface area contributed by atoms with E-state index in [1.54, 1.807) is 0 Å². The second-order valence-electron chi connectivity index (χ2n) is 17.1. The highest BCUT2D eigenvalue weighted by Crippen LogP contribution is 2.47. The van der Waals surface area contributed by atoms with Crippen LogP contribution in [-0.4, -0.2) is 96.9 Å². The number of nitrogens with two attached hydrogens (primary N) is 3. The topological polar surface area (TPSA) is 532 Å². The number of phenols is 2. The largest absolute Gasteiger partial charge is 0.507 e. The van der Waals surface area contributed by atoms with Crippen molar-refractivity contribution in [1.82, 2.24) is 0 Å². The van der Waals surface area contributed by atoms with Gasteiger partial charge in [-0.1, -0.05) is 34.3 Å². The Morgan fingerprint density at radius 3 is 1.22 bits per heavy atom. The molecule has 8 rings (SSSR count). The molecule has 8 aromatic rings. The van der Waals surface area contributed by atoms with Crippen LogP contribution in [-0.2, 0) is 43.8 Å². The summed E-state index contributed by atoms with van der Waals surface area (Å²) in [6.45, 7) is 1.22. The SMILES string of the molecule is CC(=O)Nc1ccc(-c2ccc(N=Nc3c(SOOO)cc4cc(S(=O)(=O)O)cc(O)c4c3N)c(C(=O)O)c2)cc1C(=O)O.Nc1ccc(-c2ccc(N=Nc3c(SOOO)cc4cc(S(=O)(=O)O)cc(O)c4c3N)c(C(=O)O)c2)cc1C(=O)O. The first-order chi connectivity index (χ1) is 40.0. The number of amides is 1. The monoisotopic (exact) mass is 1250 g/mol. The Morgan fingerprint density at radius 2 is 0.859 bits per heavy atom. The zero-order valence-electron chi connectivity index (χ0n) is 42.3. The maximum Gasteiger partial charge on any atom is 0.337 e. The molecule has 8 aromatic carbocycles. The van der Waals surface area contributed by atoms with Gasteiger partial charge < -0.3 is 53.2 Å². The molecule has 17 N–H and O–H groups in total. The van der Waals surface area contributed by atoms with Gasteiger partial charge in [0, 0.05) is 35.5 Å². The lowest BCUT2D eigenvalue weighted by Gasteiger charge is -2.12. The maximum absolute atomic E-state index is 12.1. The number of carboxylic acids is 4. The fraction of sp³-hybridized carbons (Fsp3) is 0.0200. The quantitative estimate of drug-likeness (QED) is 0.00893. The average molecular weight is 1250 g/mol. The second kappa shape index (κ2) is 25.7. The van der Waals surface area contributed by atoms with Crippen LogP contribution in [0.2, 0.25) is 0 Å². The highest BCUT2D eigenvalue weighted by atomic mass is 32.2. The van der Waals surface area contributed by atoms with Gasteiger partial charge in [0.1, 0.15) is 34.2 Å². The van der Waals surface area contributed by atoms with Crippen LogP contribution in [0.1, 0.15) is 48.4 Å². The molecule has 0 aliphatic carbocycles. The number of carboxylic acid groups (broad SMARTS) is 4. The van der Waals surface area contributed by atoms with E-state index in [1.807, 2.05) is 0 Å². The molecule has 0 aliphatic heterocycles. The smallest absolute Gasteiger partial charge is 0.337 e. The molecule has 0 unspecified atom stereocenters. The van der Waals surface area contributed by atoms with Gasteiger partial charge in [0.2, 0.25) is 5.91 Å². The van der Waals surface area contributed by atoms with Crippen LogP contribution in [0, 0.1) is 0 Å². The average Bonchev–Trinajstić information content (AvgIpc) is 2.17. The van der Waals surface area contributed by atoms with Crippen LogP contribution in [0.15, 0.2) is 149 Å². The van der Waals surface area contributed by atoms with Gasteiger partial charge in [-0.25, -0.2) is 29.7 Å². The van der Waals surface area contributed by atoms with Crippen molar-refractivity contribution in [3.05, 3.63) is 131 Å². The Kier molecular flexibility index (Phi) is 19.0. The Morgan fingerprint density at radius 1 is 0.494 bits per heavy atom. The molecule has 0 radical (unpaired) electrons. The van der Waals surface area contributed by atoms with Crippen LogP contribution in [0.25, 0.3) is 43.8 Å². The van der Waals surface area contributed by atoms with Gasteiger partial charge in [0.25, 0.3) is 20.2 Å². The normalized spacial score (nSPS) is 11.7. The van der Waals surface area contributed by atoms with E-state index in [1.165, 1.54) is 91.9 Å². The number of phenolic OH excluding ortho intramolecular Hbond substituents is 2. The number of nitrogen functional groups attached to an aromatic ring is 3. The third-order valence-electron chi connectivity index (χ3n) is 11.7. The highest BCUT2D eigenvalue weighted by Gasteiger charge is 2.24. The molecule has 0 bridgehead atoms. The summed E-state index contributed by atoms with van der Waals surface area (Å²) in [5.41, 5.74) is 17.3. The zero-order valence-corrected chi connectivity index (χ0v) is 45.6. The highest BCUT2D eigenvalue weighted by molar-refractivity contribution is 7.95. The molecule has 0 aliphatic rings. The number of nitrogens with one attached hydrogen (secondary N) is 1. The maximum atomic E-state index is 12.1. The fourth-order valence-electron chi connectivity index (χ4n) is 7.99. The minimum atomic E-state index is -4.71. The van der Waals surface area contributed by atoms with Crippen LogP contribution in [0.5, 0.6) is 11.5 Å². The fourth-order valence-corrected chi connectivity index (χ4v) is 10.1. The van der Waals surface area contributed by atoms with E-state index in [9.17, 15) is 80.6 Å². The van der Waals surface area contributed by atoms with E-state index >= 15 is 0 Å². The van der Waals surface area contributed by atoms with Gasteiger partial charge >= 0.3 is 23.9 Å². The first-order valence-corrected chi connectivity index (χ1v) is 27.2. The third-order valence-corrected chi connectivity index (χ3v) is 14.6. The number of aromatic hydroxyl groups is 2. The molecular weight excluding hydrogens is 1210 g/mol. The molecule has 85 heavy (non-hydrogen) atoms. The van der Waals surface area contributed by atoms with Crippen LogP contribution in [0.3, 0.4) is 0 Å². The molecule has 35 heteroatoms. The molecule has 1 amide bonds. The number of hydrogen-bond acceptors (Lipinski definition) is 26. The van der Waals surface area contributed by atoms with E-state index in [0.717, 1.165) is 24.3 Å². The molecule has 0 heterocycles. The lowest BCUT2D eigenvalue weighted by atomic mass is 9.99. The number of benzene rings is 8. The minimum Gasteiger partial charge on any atom is -0.507 e. The second-order valence-corrected chi connectivity index (χ2v) is 21.4. The summed E-state index contributed by atoms with van der Waals surface area (Å²) in [5.74, 6) is -7.13. The molecule has 31 nitrogen and oxygen atoms in total. The molecule has 440 valence electrons. The van der Waals surface area contributed by atoms with Crippen molar-refractivity contribution >= 4 is 141 Å². The van der Waals surface area contributed by atoms with Crippen LogP contribution < -0.4 is 22.5 Å². The third kappa shape index (κ3) is 14.3. The summed E-state index contributed by atoms with van der Waals surface area (Å²) < 4.78 is 74.0. The van der Waals surface area contributed by atoms with Gasteiger partial charge in [0.15, 0.2) is 0 Å². The minimum absolute atomic E-state index is 0.0129. The van der Waals surface area contributed by atoms with Crippen molar-refractivity contribution in [3.8, 4) is 33.8 Å². The first kappa shape index (κ1) is 62.7. The van der Waals surface area contributed by atoms with Gasteiger partial charge in [0.05, 0.1) is 83.0 Å². The Bertz CT molecular complexity index is 4400. The van der Waals surface area contributed by atoms with Crippen molar-refractivity contribution in [2.24, 2.45) is 20.5 Å². The summed E-state index contributed by atoms with van der Waals surface area (Å²) in [5, 5.41) is 102. The number of carbonyl (C=O) groups excluding carboxylic acids is 1. The number of rotatable bonds is 19. The molecule has 0 spiro atoms. The molecule has 0 aromatic heterocycles. The summed E-state index contributed by atoms with van der Waals surface area (Å²) in [4.78, 5) is 57.5. The predicted molar refractivity (Wildman–Crippen MR) is 300 cm³/mol. The summed E-state index contributed by atoms with van der Waals surface area (Å²) in [6.07, 6.45) is 0. The van der Waals surface area contributed by atoms with Crippen LogP contribution in [0.4, 0.5) is 45.5 Å². The number of nitrogens with zero attached hydrogens (tertiary/aromatic N) is 4. The number of anilines is 4. The summed E-state index contributed by atoms with van der Waals surface area (Å²) in [7, 11) is -9.41. The van der Waals surface area contributed by atoms with Crippen molar-refractivity contribution in [2.75, 3.05) is 22.5 Å². The number of fused-ring (bicyclic) bond motifs is 2. The van der Waals surface area contributed by atoms with Gasteiger partial charge in [-0.2, -0.15) is 16.8 Å². The summed E-state index contributed by atoms with van der Waals surface area (Å²) >= 11 is 0.730. The molecule has 0 saturated carbocycles. The molecular formula is C50H38N8O23S4. The van der Waals surface area contributed by atoms with Crippen molar-refractivity contribution < 1.29 is 110 Å². The Labute approximate surface area is 483 Å². The van der Waals surface area contributed by atoms with Gasteiger partial charge in [-0.15, -0.1) is 29.1 Å². The van der Waals surface area contributed by atoms with Crippen molar-refractivity contribution in [1.29, 1.82) is 0 Å². The molecule has 0 saturated heterocycles. The lowest BCUT2D eigenvalue weighted by molar-refractivity contribution is -0.432. The van der Waals surface area contributed by atoms with Crippen molar-refractivity contribution in [3.63, 3.8) is 0 Å². The molecule has 0 fully saturated rings. The Hall–Kier alpha value is -9.89.